The van der Waals surface area contributed by atoms with Gasteiger partial charge in [-0.1, -0.05) is 24.3 Å². The lowest BCUT2D eigenvalue weighted by molar-refractivity contribution is 0.102. The van der Waals surface area contributed by atoms with Crippen LogP contribution in [-0.2, 0) is 24.2 Å². The van der Waals surface area contributed by atoms with E-state index in [1.54, 1.807) is 19.2 Å². The molecule has 1 aliphatic carbocycles. The second-order valence-electron chi connectivity index (χ2n) is 6.46. The Bertz CT molecular complexity index is 931. The van der Waals surface area contributed by atoms with Crippen molar-refractivity contribution in [1.29, 1.82) is 0 Å². The van der Waals surface area contributed by atoms with E-state index in [1.807, 2.05) is 17.5 Å². The van der Waals surface area contributed by atoms with Gasteiger partial charge in [-0.15, -0.1) is 11.3 Å². The average molecular weight is 364 g/mol. The lowest BCUT2D eigenvalue weighted by Gasteiger charge is -2.04. The molecule has 26 heavy (non-hydrogen) atoms. The van der Waals surface area contributed by atoms with Crippen LogP contribution in [-0.4, -0.2) is 18.0 Å². The van der Waals surface area contributed by atoms with E-state index in [0.717, 1.165) is 23.2 Å². The summed E-state index contributed by atoms with van der Waals surface area (Å²) in [6, 6.07) is 14.0. The van der Waals surface area contributed by atoms with Gasteiger partial charge < -0.3 is 4.74 Å². The second kappa shape index (κ2) is 7.40. The molecule has 1 amide bonds. The fourth-order valence-electron chi connectivity index (χ4n) is 3.28. The van der Waals surface area contributed by atoms with E-state index in [2.05, 4.69) is 28.5 Å². The van der Waals surface area contributed by atoms with Crippen LogP contribution < -0.4 is 5.32 Å². The number of benzene rings is 2. The van der Waals surface area contributed by atoms with E-state index in [1.165, 1.54) is 35.3 Å². The first-order chi connectivity index (χ1) is 12.7. The number of nitrogens with one attached hydrogen (secondary N) is 1. The number of ether oxygens (including phenoxy) is 1. The van der Waals surface area contributed by atoms with Gasteiger partial charge in [-0.2, -0.15) is 0 Å². The number of nitrogens with zero attached hydrogens (tertiary/aromatic N) is 1. The normalized spacial score (nSPS) is 12.8. The predicted molar refractivity (Wildman–Crippen MR) is 105 cm³/mol. The second-order valence-corrected chi connectivity index (χ2v) is 7.32. The molecule has 0 aliphatic heterocycles. The fraction of sp³-hybridized carbons (Fsp3) is 0.238. The summed E-state index contributed by atoms with van der Waals surface area (Å²) in [6.07, 6.45) is 3.56. The first-order valence-electron chi connectivity index (χ1n) is 8.70. The van der Waals surface area contributed by atoms with Gasteiger partial charge in [0.1, 0.15) is 0 Å². The predicted octanol–water partition coefficient (Wildman–Crippen LogP) is 4.70. The standard InChI is InChI=1S/C21H20N2O2S/c1-25-12-14-5-7-16(8-6-14)20(24)23-21-22-19(13-26-21)18-10-9-15-3-2-4-17(15)11-18/h5-11,13H,2-4,12H2,1H3,(H,22,23,24). The number of fused-ring (bicyclic) bond motifs is 1. The summed E-state index contributed by atoms with van der Waals surface area (Å²) in [5, 5.41) is 5.50. The Balaban J connectivity index is 1.47. The van der Waals surface area contributed by atoms with Gasteiger partial charge in [0.25, 0.3) is 5.91 Å². The number of aryl methyl sites for hydroxylation is 2. The summed E-state index contributed by atoms with van der Waals surface area (Å²) in [6.45, 7) is 0.540. The number of methoxy groups -OCH3 is 1. The van der Waals surface area contributed by atoms with Crippen LogP contribution >= 0.6 is 11.3 Å². The van der Waals surface area contributed by atoms with Crippen LogP contribution in [0.25, 0.3) is 11.3 Å². The summed E-state index contributed by atoms with van der Waals surface area (Å²) >= 11 is 1.45. The Morgan fingerprint density at radius 1 is 1.15 bits per heavy atom. The molecule has 5 heteroatoms. The van der Waals surface area contributed by atoms with Crippen LogP contribution in [0.2, 0.25) is 0 Å². The molecule has 0 fully saturated rings. The van der Waals surface area contributed by atoms with Crippen LogP contribution in [0, 0.1) is 0 Å². The lowest BCUT2D eigenvalue weighted by atomic mass is 10.1. The summed E-state index contributed by atoms with van der Waals surface area (Å²) in [7, 11) is 1.65. The van der Waals surface area contributed by atoms with Gasteiger partial charge in [0.2, 0.25) is 0 Å². The molecule has 0 unspecified atom stereocenters. The number of aromatic nitrogens is 1. The molecule has 4 nitrogen and oxygen atoms in total. The molecular formula is C21H20N2O2S. The van der Waals surface area contributed by atoms with Gasteiger partial charge in [-0.05, 0) is 54.2 Å². The number of hydrogen-bond acceptors (Lipinski definition) is 4. The molecule has 3 aromatic rings. The molecule has 132 valence electrons. The topological polar surface area (TPSA) is 51.2 Å². The number of amides is 1. The largest absolute Gasteiger partial charge is 0.380 e. The minimum Gasteiger partial charge on any atom is -0.380 e. The number of carbonyl (C=O) groups excluding carboxylic acids is 1. The monoisotopic (exact) mass is 364 g/mol. The highest BCUT2D eigenvalue weighted by Gasteiger charge is 2.14. The Hall–Kier alpha value is -2.50. The zero-order valence-corrected chi connectivity index (χ0v) is 15.4. The van der Waals surface area contributed by atoms with Crippen molar-refractivity contribution >= 4 is 22.4 Å². The third-order valence-corrected chi connectivity index (χ3v) is 5.40. The van der Waals surface area contributed by atoms with Gasteiger partial charge >= 0.3 is 0 Å². The third kappa shape index (κ3) is 3.54. The van der Waals surface area contributed by atoms with Gasteiger partial charge in [0.15, 0.2) is 5.13 Å². The molecule has 0 spiro atoms. The molecule has 1 aromatic heterocycles. The molecule has 1 aliphatic rings. The van der Waals surface area contributed by atoms with Crippen LogP contribution in [0.4, 0.5) is 5.13 Å². The minimum atomic E-state index is -0.149. The van der Waals surface area contributed by atoms with Crippen molar-refractivity contribution in [2.45, 2.75) is 25.9 Å². The first-order valence-corrected chi connectivity index (χ1v) is 9.58. The van der Waals surface area contributed by atoms with E-state index >= 15 is 0 Å². The molecule has 2 aromatic carbocycles. The Morgan fingerprint density at radius 2 is 1.96 bits per heavy atom. The Labute approximate surface area is 156 Å². The molecular weight excluding hydrogens is 344 g/mol. The summed E-state index contributed by atoms with van der Waals surface area (Å²) in [5.41, 5.74) is 6.56. The maximum absolute atomic E-state index is 12.4. The van der Waals surface area contributed by atoms with Crippen molar-refractivity contribution in [3.8, 4) is 11.3 Å². The van der Waals surface area contributed by atoms with Crippen molar-refractivity contribution < 1.29 is 9.53 Å². The van der Waals surface area contributed by atoms with Gasteiger partial charge in [0.05, 0.1) is 12.3 Å². The average Bonchev–Trinajstić information content (AvgIpc) is 3.31. The van der Waals surface area contributed by atoms with Crippen LogP contribution in [0.3, 0.4) is 0 Å². The number of thiazole rings is 1. The third-order valence-electron chi connectivity index (χ3n) is 4.65. The van der Waals surface area contributed by atoms with Gasteiger partial charge in [0, 0.05) is 23.6 Å². The maximum atomic E-state index is 12.4. The van der Waals surface area contributed by atoms with E-state index in [-0.39, 0.29) is 5.91 Å². The fourth-order valence-corrected chi connectivity index (χ4v) is 4.00. The molecule has 0 saturated heterocycles. The van der Waals surface area contributed by atoms with Gasteiger partial charge in [-0.3, -0.25) is 10.1 Å². The summed E-state index contributed by atoms with van der Waals surface area (Å²) < 4.78 is 5.09. The van der Waals surface area contributed by atoms with E-state index in [0.29, 0.717) is 17.3 Å². The number of rotatable bonds is 5. The molecule has 1 N–H and O–H groups in total. The zero-order valence-electron chi connectivity index (χ0n) is 14.6. The van der Waals surface area contributed by atoms with Crippen molar-refractivity contribution in [2.24, 2.45) is 0 Å². The SMILES string of the molecule is COCc1ccc(C(=O)Nc2nc(-c3ccc4c(c3)CCC4)cs2)cc1. The molecule has 0 saturated carbocycles. The smallest absolute Gasteiger partial charge is 0.257 e. The van der Waals surface area contributed by atoms with E-state index in [9.17, 15) is 4.79 Å². The quantitative estimate of drug-likeness (QED) is 0.714. The number of hydrogen-bond donors (Lipinski definition) is 1. The summed E-state index contributed by atoms with van der Waals surface area (Å²) in [4.78, 5) is 17.0. The Morgan fingerprint density at radius 3 is 2.77 bits per heavy atom. The minimum absolute atomic E-state index is 0.149. The lowest BCUT2D eigenvalue weighted by Crippen LogP contribution is -2.11. The first kappa shape index (κ1) is 16.9. The van der Waals surface area contributed by atoms with Crippen molar-refractivity contribution in [1.82, 2.24) is 4.98 Å². The summed E-state index contributed by atoms with van der Waals surface area (Å²) in [5.74, 6) is -0.149. The number of carbonyl (C=O) groups is 1. The van der Waals surface area contributed by atoms with E-state index in [4.69, 9.17) is 4.74 Å². The van der Waals surface area contributed by atoms with Crippen LogP contribution in [0.15, 0.2) is 47.8 Å². The van der Waals surface area contributed by atoms with Crippen molar-refractivity contribution in [2.75, 3.05) is 12.4 Å². The van der Waals surface area contributed by atoms with Crippen LogP contribution in [0.1, 0.15) is 33.5 Å². The zero-order chi connectivity index (χ0) is 17.9. The highest BCUT2D eigenvalue weighted by atomic mass is 32.1. The molecule has 0 radical (unpaired) electrons. The van der Waals surface area contributed by atoms with Crippen molar-refractivity contribution in [3.05, 3.63) is 70.1 Å². The Kier molecular flexibility index (Phi) is 4.82. The maximum Gasteiger partial charge on any atom is 0.257 e. The van der Waals surface area contributed by atoms with Gasteiger partial charge in [-0.25, -0.2) is 4.98 Å². The molecule has 0 atom stereocenters. The molecule has 1 heterocycles. The highest BCUT2D eigenvalue weighted by molar-refractivity contribution is 7.14. The molecule has 4 rings (SSSR count). The number of anilines is 1. The molecule has 0 bridgehead atoms. The van der Waals surface area contributed by atoms with E-state index < -0.39 is 0 Å². The van der Waals surface area contributed by atoms with Crippen molar-refractivity contribution in [3.63, 3.8) is 0 Å². The highest BCUT2D eigenvalue weighted by Crippen LogP contribution is 2.30. The van der Waals surface area contributed by atoms with Crippen LogP contribution in [0.5, 0.6) is 0 Å².